The summed E-state index contributed by atoms with van der Waals surface area (Å²) in [6.45, 7) is 3.96. The number of esters is 1. The summed E-state index contributed by atoms with van der Waals surface area (Å²) in [6.07, 6.45) is 2.47. The number of carbonyl (C=O) groups is 1. The van der Waals surface area contributed by atoms with E-state index in [0.717, 1.165) is 12.8 Å². The highest BCUT2D eigenvalue weighted by Gasteiger charge is 2.31. The van der Waals surface area contributed by atoms with Crippen molar-refractivity contribution in [2.24, 2.45) is 5.92 Å². The molecule has 0 aliphatic heterocycles. The Bertz CT molecular complexity index is 564. The van der Waals surface area contributed by atoms with E-state index in [1.54, 1.807) is 6.07 Å². The number of rotatable bonds is 5. The van der Waals surface area contributed by atoms with Crippen LogP contribution < -0.4 is 5.56 Å². The van der Waals surface area contributed by atoms with Gasteiger partial charge in [0.2, 0.25) is 0 Å². The van der Waals surface area contributed by atoms with Crippen LogP contribution in [0.4, 0.5) is 0 Å². The fourth-order valence-electron chi connectivity index (χ4n) is 2.28. The van der Waals surface area contributed by atoms with Crippen molar-refractivity contribution < 1.29 is 9.53 Å². The lowest BCUT2D eigenvalue weighted by atomic mass is 10.0. The van der Waals surface area contributed by atoms with E-state index in [-0.39, 0.29) is 22.5 Å². The number of carbonyl (C=O) groups excluding carboxylic acids is 1. The topological polar surface area (TPSA) is 61.2 Å². The summed E-state index contributed by atoms with van der Waals surface area (Å²) in [4.78, 5) is 24.4. The Morgan fingerprint density at radius 3 is 2.70 bits per heavy atom. The first-order chi connectivity index (χ1) is 9.43. The summed E-state index contributed by atoms with van der Waals surface area (Å²) in [7, 11) is 1.31. The van der Waals surface area contributed by atoms with Crippen molar-refractivity contribution in [2.75, 3.05) is 7.11 Å². The predicted molar refractivity (Wildman–Crippen MR) is 76.0 cm³/mol. The molecule has 0 unspecified atom stereocenters. The first-order valence-electron chi connectivity index (χ1n) is 6.81. The average Bonchev–Trinajstić information content (AvgIpc) is 3.21. The molecule has 1 aliphatic rings. The standard InChI is InChI=1S/C14H19ClN2O3/c1-8(2)6-11(14(19)20-3)17-13(18)10(9-4-5-9)7-12(15)16-17/h7-9,11H,4-6H2,1-3H3/t11-/m0/s1. The molecule has 5 nitrogen and oxygen atoms in total. The van der Waals surface area contributed by atoms with Crippen LogP contribution in [0.1, 0.15) is 50.6 Å². The molecule has 1 saturated carbocycles. The number of hydrogen-bond donors (Lipinski definition) is 0. The molecule has 0 spiro atoms. The lowest BCUT2D eigenvalue weighted by Crippen LogP contribution is -2.35. The second-order valence-electron chi connectivity index (χ2n) is 5.61. The maximum absolute atomic E-state index is 12.5. The number of nitrogens with zero attached hydrogens (tertiary/aromatic N) is 2. The van der Waals surface area contributed by atoms with Gasteiger partial charge in [-0.3, -0.25) is 4.79 Å². The Balaban J connectivity index is 2.46. The highest BCUT2D eigenvalue weighted by atomic mass is 35.5. The van der Waals surface area contributed by atoms with Crippen LogP contribution in [0, 0.1) is 5.92 Å². The van der Waals surface area contributed by atoms with Gasteiger partial charge in [0.05, 0.1) is 7.11 Å². The van der Waals surface area contributed by atoms with E-state index in [4.69, 9.17) is 16.3 Å². The maximum Gasteiger partial charge on any atom is 0.330 e. The van der Waals surface area contributed by atoms with Gasteiger partial charge in [0.1, 0.15) is 5.15 Å². The summed E-state index contributed by atoms with van der Waals surface area (Å²) in [5.41, 5.74) is 0.426. The number of aromatic nitrogens is 2. The Hall–Kier alpha value is -1.36. The molecule has 1 fully saturated rings. The van der Waals surface area contributed by atoms with Crippen molar-refractivity contribution in [1.29, 1.82) is 0 Å². The molecule has 110 valence electrons. The van der Waals surface area contributed by atoms with Crippen LogP contribution in [0.3, 0.4) is 0 Å². The number of hydrogen-bond acceptors (Lipinski definition) is 4. The van der Waals surface area contributed by atoms with Gasteiger partial charge in [0.25, 0.3) is 5.56 Å². The average molecular weight is 299 g/mol. The van der Waals surface area contributed by atoms with Crippen LogP contribution in [0.15, 0.2) is 10.9 Å². The van der Waals surface area contributed by atoms with Crippen molar-refractivity contribution in [3.05, 3.63) is 27.1 Å². The van der Waals surface area contributed by atoms with Crippen molar-refractivity contribution in [1.82, 2.24) is 9.78 Å². The molecule has 6 heteroatoms. The first kappa shape index (κ1) is 15.0. The van der Waals surface area contributed by atoms with E-state index < -0.39 is 12.0 Å². The molecule has 1 aromatic rings. The fourth-order valence-corrected chi connectivity index (χ4v) is 2.48. The van der Waals surface area contributed by atoms with E-state index >= 15 is 0 Å². The van der Waals surface area contributed by atoms with Gasteiger partial charge in [-0.1, -0.05) is 25.4 Å². The second-order valence-corrected chi connectivity index (χ2v) is 6.00. The third-order valence-electron chi connectivity index (χ3n) is 3.41. The zero-order chi connectivity index (χ0) is 14.9. The third-order valence-corrected chi connectivity index (χ3v) is 3.60. The highest BCUT2D eigenvalue weighted by molar-refractivity contribution is 6.29. The van der Waals surface area contributed by atoms with Crippen LogP contribution in [0.25, 0.3) is 0 Å². The summed E-state index contributed by atoms with van der Waals surface area (Å²) >= 11 is 6.00. The third kappa shape index (κ3) is 3.20. The molecule has 1 aliphatic carbocycles. The first-order valence-corrected chi connectivity index (χ1v) is 7.19. The van der Waals surface area contributed by atoms with Crippen LogP contribution in [-0.2, 0) is 9.53 Å². The Morgan fingerprint density at radius 2 is 2.20 bits per heavy atom. The van der Waals surface area contributed by atoms with Gasteiger partial charge in [-0.2, -0.15) is 5.10 Å². The molecule has 0 amide bonds. The smallest absolute Gasteiger partial charge is 0.330 e. The SMILES string of the molecule is COC(=O)[C@H](CC(C)C)n1nc(Cl)cc(C2CC2)c1=O. The minimum Gasteiger partial charge on any atom is -0.467 e. The fraction of sp³-hybridized carbons (Fsp3) is 0.643. The summed E-state index contributed by atoms with van der Waals surface area (Å²) < 4.78 is 5.99. The van der Waals surface area contributed by atoms with Crippen molar-refractivity contribution in [2.45, 2.75) is 45.1 Å². The number of halogens is 1. The second kappa shape index (κ2) is 5.95. The predicted octanol–water partition coefficient (Wildman–Crippen LogP) is 2.53. The van der Waals surface area contributed by atoms with E-state index in [2.05, 4.69) is 5.10 Å². The molecule has 2 rings (SSSR count). The zero-order valence-corrected chi connectivity index (χ0v) is 12.7. The molecular formula is C14H19ClN2O3. The number of methoxy groups -OCH3 is 1. The van der Waals surface area contributed by atoms with E-state index in [9.17, 15) is 9.59 Å². The van der Waals surface area contributed by atoms with Crippen LogP contribution >= 0.6 is 11.6 Å². The lowest BCUT2D eigenvalue weighted by molar-refractivity contribution is -0.145. The van der Waals surface area contributed by atoms with Gasteiger partial charge in [-0.25, -0.2) is 9.48 Å². The Kier molecular flexibility index (Phi) is 4.48. The van der Waals surface area contributed by atoms with Crippen LogP contribution in [0.5, 0.6) is 0 Å². The maximum atomic E-state index is 12.5. The molecule has 0 bridgehead atoms. The van der Waals surface area contributed by atoms with Gasteiger partial charge in [0.15, 0.2) is 6.04 Å². The lowest BCUT2D eigenvalue weighted by Gasteiger charge is -2.19. The highest BCUT2D eigenvalue weighted by Crippen LogP contribution is 2.38. The van der Waals surface area contributed by atoms with Crippen molar-refractivity contribution in [3.8, 4) is 0 Å². The molecule has 0 radical (unpaired) electrons. The van der Waals surface area contributed by atoms with Gasteiger partial charge in [-0.05, 0) is 37.2 Å². The van der Waals surface area contributed by atoms with Gasteiger partial charge < -0.3 is 4.74 Å². The van der Waals surface area contributed by atoms with Crippen molar-refractivity contribution in [3.63, 3.8) is 0 Å². The van der Waals surface area contributed by atoms with Gasteiger partial charge in [-0.15, -0.1) is 0 Å². The number of ether oxygens (including phenoxy) is 1. The largest absolute Gasteiger partial charge is 0.467 e. The van der Waals surface area contributed by atoms with Crippen molar-refractivity contribution >= 4 is 17.6 Å². The Labute approximate surface area is 122 Å². The summed E-state index contributed by atoms with van der Waals surface area (Å²) in [6, 6.07) is 0.894. The van der Waals surface area contributed by atoms with E-state index in [1.165, 1.54) is 11.8 Å². The van der Waals surface area contributed by atoms with Gasteiger partial charge >= 0.3 is 5.97 Å². The van der Waals surface area contributed by atoms with E-state index in [0.29, 0.717) is 12.0 Å². The minimum atomic E-state index is -0.719. The minimum absolute atomic E-state index is 0.229. The molecule has 1 aromatic heterocycles. The summed E-state index contributed by atoms with van der Waals surface area (Å²) in [5.74, 6) is 0.0278. The van der Waals surface area contributed by atoms with Crippen LogP contribution in [0.2, 0.25) is 5.15 Å². The summed E-state index contributed by atoms with van der Waals surface area (Å²) in [5, 5.41) is 4.27. The zero-order valence-electron chi connectivity index (χ0n) is 11.9. The molecular weight excluding hydrogens is 280 g/mol. The Morgan fingerprint density at radius 1 is 1.55 bits per heavy atom. The monoisotopic (exact) mass is 298 g/mol. The molecule has 0 aromatic carbocycles. The molecule has 0 saturated heterocycles. The molecule has 0 N–H and O–H groups in total. The molecule has 20 heavy (non-hydrogen) atoms. The van der Waals surface area contributed by atoms with Gasteiger partial charge in [0, 0.05) is 5.56 Å². The van der Waals surface area contributed by atoms with E-state index in [1.807, 2.05) is 13.8 Å². The van der Waals surface area contributed by atoms with Crippen LogP contribution in [-0.4, -0.2) is 22.9 Å². The molecule has 1 atom stereocenters. The normalized spacial score (nSPS) is 16.2. The quantitative estimate of drug-likeness (QED) is 0.784. The molecule has 1 heterocycles.